The van der Waals surface area contributed by atoms with Gasteiger partial charge in [0.1, 0.15) is 11.6 Å². The average Bonchev–Trinajstić information content (AvgIpc) is 2.84. The first kappa shape index (κ1) is 21.8. The van der Waals surface area contributed by atoms with Crippen molar-refractivity contribution < 1.29 is 18.7 Å². The largest absolute Gasteiger partial charge is 0.497 e. The van der Waals surface area contributed by atoms with E-state index in [0.29, 0.717) is 26.2 Å². The summed E-state index contributed by atoms with van der Waals surface area (Å²) < 4.78 is 18.3. The van der Waals surface area contributed by atoms with Crippen molar-refractivity contribution in [1.29, 1.82) is 0 Å². The maximum Gasteiger partial charge on any atom is 0.229 e. The summed E-state index contributed by atoms with van der Waals surface area (Å²) in [6, 6.07) is 18.0. The van der Waals surface area contributed by atoms with Crippen molar-refractivity contribution in [3.63, 3.8) is 0 Å². The molecule has 32 heavy (non-hydrogen) atoms. The molecule has 166 valence electrons. The lowest BCUT2D eigenvalue weighted by Gasteiger charge is -2.36. The number of fused-ring (bicyclic) bond motifs is 1. The van der Waals surface area contributed by atoms with Crippen molar-refractivity contribution in [3.8, 4) is 5.75 Å². The van der Waals surface area contributed by atoms with Gasteiger partial charge in [-0.1, -0.05) is 36.4 Å². The Kier molecular flexibility index (Phi) is 6.40. The standard InChI is InChI=1S/C26H27FN2O3/c1-18(20-5-6-22-17-24(32-2)10-7-21(22)16-20)26(31)29-13-11-28(12-14-29)25(30)15-19-3-8-23(27)9-4-19/h3-10,16-18H,11-15H2,1-2H3/t18-/m0/s1. The summed E-state index contributed by atoms with van der Waals surface area (Å²) in [5, 5.41) is 2.14. The van der Waals surface area contributed by atoms with Crippen LogP contribution in [0.2, 0.25) is 0 Å². The van der Waals surface area contributed by atoms with E-state index in [1.165, 1.54) is 12.1 Å². The number of methoxy groups -OCH3 is 1. The van der Waals surface area contributed by atoms with Gasteiger partial charge in [-0.2, -0.15) is 0 Å². The van der Waals surface area contributed by atoms with Crippen molar-refractivity contribution in [2.75, 3.05) is 33.3 Å². The van der Waals surface area contributed by atoms with E-state index in [1.54, 1.807) is 24.1 Å². The Morgan fingerprint density at radius 3 is 2.22 bits per heavy atom. The summed E-state index contributed by atoms with van der Waals surface area (Å²) in [6.45, 7) is 3.98. The van der Waals surface area contributed by atoms with E-state index in [0.717, 1.165) is 27.6 Å². The number of ether oxygens (including phenoxy) is 1. The summed E-state index contributed by atoms with van der Waals surface area (Å²) in [7, 11) is 1.65. The molecular weight excluding hydrogens is 407 g/mol. The van der Waals surface area contributed by atoms with E-state index < -0.39 is 0 Å². The van der Waals surface area contributed by atoms with Gasteiger partial charge in [0.25, 0.3) is 0 Å². The van der Waals surface area contributed by atoms with Crippen LogP contribution in [0.15, 0.2) is 60.7 Å². The summed E-state index contributed by atoms with van der Waals surface area (Å²) in [5.41, 5.74) is 1.76. The molecule has 0 aliphatic carbocycles. The number of halogens is 1. The number of nitrogens with zero attached hydrogens (tertiary/aromatic N) is 2. The van der Waals surface area contributed by atoms with E-state index in [9.17, 15) is 14.0 Å². The fraction of sp³-hybridized carbons (Fsp3) is 0.308. The topological polar surface area (TPSA) is 49.9 Å². The number of amides is 2. The summed E-state index contributed by atoms with van der Waals surface area (Å²) in [5.74, 6) is 0.308. The second kappa shape index (κ2) is 9.39. The van der Waals surface area contributed by atoms with Gasteiger partial charge >= 0.3 is 0 Å². The van der Waals surface area contributed by atoms with Gasteiger partial charge in [0.15, 0.2) is 0 Å². The Labute approximate surface area is 187 Å². The van der Waals surface area contributed by atoms with Crippen LogP contribution < -0.4 is 4.74 Å². The molecule has 0 radical (unpaired) electrons. The molecule has 1 atom stereocenters. The first-order valence-electron chi connectivity index (χ1n) is 10.8. The summed E-state index contributed by atoms with van der Waals surface area (Å²) in [6.07, 6.45) is 0.243. The van der Waals surface area contributed by atoms with Gasteiger partial charge in [0.05, 0.1) is 19.4 Å². The van der Waals surface area contributed by atoms with Crippen molar-refractivity contribution >= 4 is 22.6 Å². The summed E-state index contributed by atoms with van der Waals surface area (Å²) in [4.78, 5) is 29.3. The van der Waals surface area contributed by atoms with E-state index in [4.69, 9.17) is 4.74 Å². The molecule has 1 aliphatic heterocycles. The van der Waals surface area contributed by atoms with E-state index in [2.05, 4.69) is 6.07 Å². The molecule has 0 spiro atoms. The van der Waals surface area contributed by atoms with Gasteiger partial charge in [0.2, 0.25) is 11.8 Å². The van der Waals surface area contributed by atoms with E-state index in [1.807, 2.05) is 42.2 Å². The smallest absolute Gasteiger partial charge is 0.229 e. The predicted molar refractivity (Wildman–Crippen MR) is 122 cm³/mol. The third kappa shape index (κ3) is 4.74. The van der Waals surface area contributed by atoms with Crippen molar-refractivity contribution in [3.05, 3.63) is 77.6 Å². The van der Waals surface area contributed by atoms with Crippen LogP contribution in [0, 0.1) is 5.82 Å². The Morgan fingerprint density at radius 2 is 1.53 bits per heavy atom. The fourth-order valence-corrected chi connectivity index (χ4v) is 4.12. The third-order valence-corrected chi connectivity index (χ3v) is 6.15. The lowest BCUT2D eigenvalue weighted by molar-refractivity contribution is -0.139. The molecule has 1 heterocycles. The minimum absolute atomic E-state index is 0.00159. The number of carbonyl (C=O) groups is 2. The molecule has 0 saturated carbocycles. The molecule has 1 aliphatic rings. The Hall–Kier alpha value is -3.41. The zero-order valence-corrected chi connectivity index (χ0v) is 18.4. The van der Waals surface area contributed by atoms with Crippen LogP contribution >= 0.6 is 0 Å². The van der Waals surface area contributed by atoms with Gasteiger partial charge in [-0.3, -0.25) is 9.59 Å². The number of hydrogen-bond acceptors (Lipinski definition) is 3. The molecular formula is C26H27FN2O3. The second-order valence-corrected chi connectivity index (χ2v) is 8.20. The van der Waals surface area contributed by atoms with Crippen LogP contribution in [-0.4, -0.2) is 54.9 Å². The van der Waals surface area contributed by atoms with Crippen LogP contribution in [0.5, 0.6) is 5.75 Å². The SMILES string of the molecule is COc1ccc2cc([C@H](C)C(=O)N3CCN(C(=O)Cc4ccc(F)cc4)CC3)ccc2c1. The van der Waals surface area contributed by atoms with Crippen LogP contribution in [0.3, 0.4) is 0 Å². The maximum atomic E-state index is 13.1. The number of carbonyl (C=O) groups excluding carboxylic acids is 2. The van der Waals surface area contributed by atoms with Gasteiger partial charge in [0, 0.05) is 26.2 Å². The molecule has 3 aromatic rings. The molecule has 6 heteroatoms. The molecule has 4 rings (SSSR count). The van der Waals surface area contributed by atoms with E-state index >= 15 is 0 Å². The van der Waals surface area contributed by atoms with Gasteiger partial charge in [-0.25, -0.2) is 4.39 Å². The first-order chi connectivity index (χ1) is 15.4. The highest BCUT2D eigenvalue weighted by Crippen LogP contribution is 2.26. The molecule has 1 fully saturated rings. The van der Waals surface area contributed by atoms with Gasteiger partial charge in [-0.05, 0) is 53.1 Å². The lowest BCUT2D eigenvalue weighted by Crippen LogP contribution is -2.51. The zero-order chi connectivity index (χ0) is 22.7. The highest BCUT2D eigenvalue weighted by molar-refractivity contribution is 5.88. The molecule has 0 N–H and O–H groups in total. The Bertz CT molecular complexity index is 1120. The molecule has 2 amide bonds. The normalized spacial score (nSPS) is 15.0. The molecule has 0 unspecified atom stereocenters. The number of benzene rings is 3. The fourth-order valence-electron chi connectivity index (χ4n) is 4.12. The Balaban J connectivity index is 1.35. The van der Waals surface area contributed by atoms with Crippen molar-refractivity contribution in [1.82, 2.24) is 9.80 Å². The minimum Gasteiger partial charge on any atom is -0.497 e. The average molecular weight is 435 g/mol. The zero-order valence-electron chi connectivity index (χ0n) is 18.4. The molecule has 3 aromatic carbocycles. The van der Waals surface area contributed by atoms with Crippen molar-refractivity contribution in [2.45, 2.75) is 19.3 Å². The van der Waals surface area contributed by atoms with E-state index in [-0.39, 0.29) is 30.0 Å². The Morgan fingerprint density at radius 1 is 0.906 bits per heavy atom. The maximum absolute atomic E-state index is 13.1. The number of piperazine rings is 1. The molecule has 0 bridgehead atoms. The van der Waals surface area contributed by atoms with Crippen LogP contribution in [0.25, 0.3) is 10.8 Å². The first-order valence-corrected chi connectivity index (χ1v) is 10.8. The summed E-state index contributed by atoms with van der Waals surface area (Å²) >= 11 is 0. The monoisotopic (exact) mass is 434 g/mol. The molecule has 5 nitrogen and oxygen atoms in total. The lowest BCUT2D eigenvalue weighted by atomic mass is 9.96. The molecule has 0 aromatic heterocycles. The predicted octanol–water partition coefficient (Wildman–Crippen LogP) is 4.00. The number of hydrogen-bond donors (Lipinski definition) is 0. The van der Waals surface area contributed by atoms with Crippen LogP contribution in [0.1, 0.15) is 24.0 Å². The van der Waals surface area contributed by atoms with Crippen molar-refractivity contribution in [2.24, 2.45) is 0 Å². The van der Waals surface area contributed by atoms with Gasteiger partial charge in [-0.15, -0.1) is 0 Å². The highest BCUT2D eigenvalue weighted by Gasteiger charge is 2.27. The van der Waals surface area contributed by atoms with Crippen LogP contribution in [-0.2, 0) is 16.0 Å². The minimum atomic E-state index is -0.311. The van der Waals surface area contributed by atoms with Gasteiger partial charge < -0.3 is 14.5 Å². The molecule has 1 saturated heterocycles. The quantitative estimate of drug-likeness (QED) is 0.610. The van der Waals surface area contributed by atoms with Crippen LogP contribution in [0.4, 0.5) is 4.39 Å². The second-order valence-electron chi connectivity index (χ2n) is 8.20. The number of rotatable bonds is 5. The third-order valence-electron chi connectivity index (χ3n) is 6.15. The highest BCUT2D eigenvalue weighted by atomic mass is 19.1.